The molecule has 3 heterocycles. The molecule has 0 spiro atoms. The Kier molecular flexibility index (Phi) is 6.98. The van der Waals surface area contributed by atoms with Crippen LogP contribution in [0.25, 0.3) is 0 Å². The van der Waals surface area contributed by atoms with Gasteiger partial charge in [-0.2, -0.15) is 4.57 Å². The Bertz CT molecular complexity index is 621. The zero-order valence-corrected chi connectivity index (χ0v) is 10.8. The van der Waals surface area contributed by atoms with Crippen molar-refractivity contribution in [1.29, 1.82) is 0 Å². The van der Waals surface area contributed by atoms with Gasteiger partial charge in [0.05, 0.1) is 13.1 Å². The van der Waals surface area contributed by atoms with Gasteiger partial charge in [-0.15, -0.1) is 0 Å². The lowest BCUT2D eigenvalue weighted by atomic mass is 10.5. The molecule has 21 heavy (non-hydrogen) atoms. The number of nitrogens with one attached hydrogen (secondary N) is 2. The Morgan fingerprint density at radius 1 is 1.29 bits per heavy atom. The van der Waals surface area contributed by atoms with Crippen molar-refractivity contribution < 1.29 is 4.57 Å². The van der Waals surface area contributed by atoms with E-state index in [0.29, 0.717) is 24.3 Å². The van der Waals surface area contributed by atoms with Crippen LogP contribution >= 0.6 is 0 Å². The highest BCUT2D eigenvalue weighted by Crippen LogP contribution is 1.95. The summed E-state index contributed by atoms with van der Waals surface area (Å²) in [4.78, 5) is 25.4. The fraction of sp³-hybridized carbons (Fsp3) is 0.462. The van der Waals surface area contributed by atoms with Crippen LogP contribution in [0.15, 0.2) is 17.1 Å². The Morgan fingerprint density at radius 3 is 2.57 bits per heavy atom. The van der Waals surface area contributed by atoms with Gasteiger partial charge in [0.2, 0.25) is 11.8 Å². The van der Waals surface area contributed by atoms with Gasteiger partial charge in [-0.05, 0) is 13.0 Å². The van der Waals surface area contributed by atoms with Crippen LogP contribution in [-0.4, -0.2) is 26.5 Å². The summed E-state index contributed by atoms with van der Waals surface area (Å²) in [6.07, 6.45) is 1.64. The number of aryl methyl sites for hydroxylation is 2. The van der Waals surface area contributed by atoms with E-state index in [1.165, 1.54) is 0 Å². The summed E-state index contributed by atoms with van der Waals surface area (Å²) in [5.74, 6) is 1.66. The van der Waals surface area contributed by atoms with Gasteiger partial charge in [0, 0.05) is 18.8 Å². The Labute approximate surface area is 124 Å². The largest absolute Gasteiger partial charge is 0.416 e. The second kappa shape index (κ2) is 7.93. The molecule has 0 radical (unpaired) electrons. The Morgan fingerprint density at radius 2 is 2.00 bits per heavy atom. The van der Waals surface area contributed by atoms with Gasteiger partial charge in [-0.3, -0.25) is 5.32 Å². The monoisotopic (exact) mass is 294 g/mol. The molecule has 0 amide bonds. The zero-order valence-electron chi connectivity index (χ0n) is 10.8. The number of aromatic nitrogens is 5. The molecule has 3 rings (SSSR count). The summed E-state index contributed by atoms with van der Waals surface area (Å²) in [7, 11) is 0. The minimum atomic E-state index is -0.0856. The van der Waals surface area contributed by atoms with Crippen LogP contribution in [-0.2, 0) is 6.54 Å². The number of anilines is 2. The number of hydrogen-bond donors (Lipinski definition) is 3. The van der Waals surface area contributed by atoms with Crippen LogP contribution in [0.2, 0.25) is 0 Å². The standard InChI is InChI=1S/C6H8N4O.C5H7N3.2CH4/c1-4-8-5-7-2-3-10(5)6(11)9-4;1-4-2-3-7-5(6)8-4;;/h2-3H2,1H3,(H,7,8,9,11);2-3H,1H3,(H2,6,7,8);2*1H4/p+1. The van der Waals surface area contributed by atoms with Gasteiger partial charge in [0.15, 0.2) is 0 Å². The molecule has 8 nitrogen and oxygen atoms in total. The Hall–Kier alpha value is -2.51. The van der Waals surface area contributed by atoms with Crippen molar-refractivity contribution in [2.75, 3.05) is 17.6 Å². The highest BCUT2D eigenvalue weighted by atomic mass is 16.1. The normalized spacial score (nSPS) is 11.0. The third-order valence-corrected chi connectivity index (χ3v) is 2.49. The molecule has 0 aliphatic carbocycles. The molecule has 0 saturated carbocycles. The van der Waals surface area contributed by atoms with Crippen molar-refractivity contribution in [3.63, 3.8) is 0 Å². The van der Waals surface area contributed by atoms with Gasteiger partial charge >= 0.3 is 11.6 Å². The number of aromatic amines is 1. The third-order valence-electron chi connectivity index (χ3n) is 2.49. The van der Waals surface area contributed by atoms with Gasteiger partial charge in [-0.25, -0.2) is 19.7 Å². The molecule has 0 unspecified atom stereocenters. The number of fused-ring (bicyclic) bond motifs is 1. The maximum absolute atomic E-state index is 11.2. The summed E-state index contributed by atoms with van der Waals surface area (Å²) in [6.45, 7) is 5.14. The average molecular weight is 294 g/mol. The summed E-state index contributed by atoms with van der Waals surface area (Å²) >= 11 is 0. The number of nitrogens with zero attached hydrogens (tertiary/aromatic N) is 4. The molecule has 2 aromatic rings. The van der Waals surface area contributed by atoms with E-state index in [0.717, 1.165) is 12.2 Å². The first-order valence-corrected chi connectivity index (χ1v) is 5.86. The van der Waals surface area contributed by atoms with E-state index in [1.807, 2.05) is 6.92 Å². The van der Waals surface area contributed by atoms with Crippen LogP contribution in [0, 0.1) is 13.8 Å². The zero-order chi connectivity index (χ0) is 13.8. The molecule has 1 aliphatic heterocycles. The molecule has 0 bridgehead atoms. The van der Waals surface area contributed by atoms with E-state index >= 15 is 0 Å². The third kappa shape index (κ3) is 4.83. The lowest BCUT2D eigenvalue weighted by Crippen LogP contribution is -2.50. The maximum Gasteiger partial charge on any atom is 0.416 e. The van der Waals surface area contributed by atoms with E-state index in [-0.39, 0.29) is 20.5 Å². The van der Waals surface area contributed by atoms with E-state index in [4.69, 9.17) is 5.73 Å². The summed E-state index contributed by atoms with van der Waals surface area (Å²) in [6, 6.07) is 1.80. The smallest absolute Gasteiger partial charge is 0.368 e. The number of H-pyrrole nitrogens is 1. The quantitative estimate of drug-likeness (QED) is 0.607. The molecular weight excluding hydrogens is 270 g/mol. The summed E-state index contributed by atoms with van der Waals surface area (Å²) < 4.78 is 1.59. The molecule has 0 saturated heterocycles. The van der Waals surface area contributed by atoms with Crippen molar-refractivity contribution in [1.82, 2.24) is 19.9 Å². The van der Waals surface area contributed by atoms with Crippen LogP contribution in [0.1, 0.15) is 26.4 Å². The fourth-order valence-corrected chi connectivity index (χ4v) is 1.66. The minimum Gasteiger partial charge on any atom is -0.368 e. The molecule has 0 atom stereocenters. The lowest BCUT2D eigenvalue weighted by Gasteiger charge is -1.91. The van der Waals surface area contributed by atoms with Crippen LogP contribution in [0.3, 0.4) is 0 Å². The number of nitrogens with two attached hydrogens (primary N) is 1. The predicted octanol–water partition coefficient (Wildman–Crippen LogP) is 0.431. The van der Waals surface area contributed by atoms with Gasteiger partial charge in [0.25, 0.3) is 0 Å². The summed E-state index contributed by atoms with van der Waals surface area (Å²) in [5.41, 5.74) is 6.05. The first-order chi connectivity index (χ1) is 9.06. The number of hydrogen-bond acceptors (Lipinski definition) is 6. The van der Waals surface area contributed by atoms with Crippen molar-refractivity contribution in [2.24, 2.45) is 0 Å². The van der Waals surface area contributed by atoms with Crippen molar-refractivity contribution >= 4 is 11.9 Å². The van der Waals surface area contributed by atoms with Gasteiger partial charge < -0.3 is 5.73 Å². The maximum atomic E-state index is 11.2. The van der Waals surface area contributed by atoms with Crippen molar-refractivity contribution in [3.8, 4) is 0 Å². The minimum absolute atomic E-state index is 0. The van der Waals surface area contributed by atoms with E-state index in [1.54, 1.807) is 23.8 Å². The van der Waals surface area contributed by atoms with Crippen LogP contribution in [0.5, 0.6) is 0 Å². The average Bonchev–Trinajstić information content (AvgIpc) is 2.77. The Balaban J connectivity index is 0.000000363. The fourth-order valence-electron chi connectivity index (χ4n) is 1.66. The second-order valence-electron chi connectivity index (χ2n) is 4.09. The molecule has 4 N–H and O–H groups in total. The van der Waals surface area contributed by atoms with Crippen molar-refractivity contribution in [3.05, 3.63) is 34.3 Å². The molecule has 0 aromatic carbocycles. The molecule has 1 aliphatic rings. The number of rotatable bonds is 0. The first kappa shape index (κ1) is 18.5. The molecule has 116 valence electrons. The SMILES string of the molecule is C.C.Cc1ccnc(N)n1.Cc1nc2[n+](c(=O)[nH]1)CCN2. The van der Waals surface area contributed by atoms with E-state index in [2.05, 4.69) is 25.3 Å². The molecular formula is C13H24N7O+. The molecule has 8 heteroatoms. The first-order valence-electron chi connectivity index (χ1n) is 5.86. The topological polar surface area (TPSA) is 113 Å². The lowest BCUT2D eigenvalue weighted by molar-refractivity contribution is -0.690. The van der Waals surface area contributed by atoms with Crippen molar-refractivity contribution in [2.45, 2.75) is 35.2 Å². The van der Waals surface area contributed by atoms with Gasteiger partial charge in [0.1, 0.15) is 0 Å². The second-order valence-corrected chi connectivity index (χ2v) is 4.09. The van der Waals surface area contributed by atoms with Gasteiger partial charge in [-0.1, -0.05) is 19.8 Å². The predicted molar refractivity (Wildman–Crippen MR) is 82.9 cm³/mol. The molecule has 2 aromatic heterocycles. The van der Waals surface area contributed by atoms with Crippen LogP contribution < -0.4 is 21.3 Å². The van der Waals surface area contributed by atoms with E-state index in [9.17, 15) is 4.79 Å². The number of nitrogen functional groups attached to an aromatic ring is 1. The van der Waals surface area contributed by atoms with E-state index < -0.39 is 0 Å². The molecule has 0 fully saturated rings. The highest BCUT2D eigenvalue weighted by Gasteiger charge is 2.20. The van der Waals surface area contributed by atoms with Crippen LogP contribution in [0.4, 0.5) is 11.9 Å². The summed E-state index contributed by atoms with van der Waals surface area (Å²) in [5, 5.41) is 3.01. The highest BCUT2D eigenvalue weighted by molar-refractivity contribution is 5.17.